The standard InChI is InChI=1S/CH2O2.Cr.H2O4S/c2-1-3;;1-5(2,3)4/h1H,(H,2,3);;(H2,1,2,3,4)/q;+3;/p-3. The number of carboxylic acid groups (broad SMARTS) is 1. The average Bonchev–Trinajstić information content (AvgIpc) is 1.27. The molecular weight excluding hydrogens is 192 g/mol. The van der Waals surface area contributed by atoms with Gasteiger partial charge in [0.1, 0.15) is 0 Å². The van der Waals surface area contributed by atoms with Gasteiger partial charge in [0.05, 0.1) is 0 Å². The first-order valence-electron chi connectivity index (χ1n) is 1.14. The summed E-state index contributed by atoms with van der Waals surface area (Å²) in [5.41, 5.74) is 0. The van der Waals surface area contributed by atoms with Crippen LogP contribution in [0.5, 0.6) is 0 Å². The van der Waals surface area contributed by atoms with Crippen LogP contribution in [0.3, 0.4) is 0 Å². The van der Waals surface area contributed by atoms with Crippen molar-refractivity contribution in [1.82, 2.24) is 0 Å². The normalized spacial score (nSPS) is 7.78. The van der Waals surface area contributed by atoms with E-state index in [4.69, 9.17) is 27.4 Å². The van der Waals surface area contributed by atoms with Crippen LogP contribution in [0.15, 0.2) is 0 Å². The van der Waals surface area contributed by atoms with Crippen molar-refractivity contribution in [3.8, 4) is 0 Å². The van der Waals surface area contributed by atoms with E-state index < -0.39 is 16.9 Å². The van der Waals surface area contributed by atoms with Crippen LogP contribution >= 0.6 is 0 Å². The van der Waals surface area contributed by atoms with Crippen molar-refractivity contribution < 1.29 is 44.8 Å². The maximum Gasteiger partial charge on any atom is 3.00 e. The molecule has 0 aliphatic carbocycles. The van der Waals surface area contributed by atoms with Gasteiger partial charge >= 0.3 is 17.4 Å². The molecular formula is CHCrO6S. The van der Waals surface area contributed by atoms with Crippen LogP contribution in [0.25, 0.3) is 0 Å². The minimum absolute atomic E-state index is 0. The van der Waals surface area contributed by atoms with Gasteiger partial charge in [-0.15, -0.1) is 0 Å². The number of rotatable bonds is 0. The predicted octanol–water partition coefficient (Wildman–Crippen LogP) is -2.97. The van der Waals surface area contributed by atoms with E-state index in [1.807, 2.05) is 0 Å². The molecule has 0 aromatic rings. The van der Waals surface area contributed by atoms with Crippen LogP contribution in [-0.4, -0.2) is 24.0 Å². The molecule has 1 radical (unpaired) electrons. The molecule has 0 N–H and O–H groups in total. The Labute approximate surface area is 62.2 Å². The van der Waals surface area contributed by atoms with E-state index in [2.05, 4.69) is 0 Å². The summed E-state index contributed by atoms with van der Waals surface area (Å²) < 4.78 is 34.1. The summed E-state index contributed by atoms with van der Waals surface area (Å²) in [6.07, 6.45) is 0. The van der Waals surface area contributed by atoms with Crippen molar-refractivity contribution >= 4 is 16.9 Å². The number of carbonyl (C=O) groups excluding carboxylic acids is 1. The molecule has 0 bridgehead atoms. The van der Waals surface area contributed by atoms with E-state index in [0.717, 1.165) is 0 Å². The fraction of sp³-hybridized carbons (Fsp3) is 0. The average molecular weight is 193 g/mol. The third kappa shape index (κ3) is 16700. The fourth-order valence-electron chi connectivity index (χ4n) is 0. The van der Waals surface area contributed by atoms with Gasteiger partial charge in [-0.3, -0.25) is 8.42 Å². The van der Waals surface area contributed by atoms with E-state index in [0.29, 0.717) is 0 Å². The summed E-state index contributed by atoms with van der Waals surface area (Å²) in [7, 11) is -5.17. The molecule has 0 spiro atoms. The molecule has 0 unspecified atom stereocenters. The van der Waals surface area contributed by atoms with Crippen molar-refractivity contribution in [2.45, 2.75) is 0 Å². The van der Waals surface area contributed by atoms with Gasteiger partial charge in [-0.25, -0.2) is 0 Å². The number of carbonyl (C=O) groups is 1. The molecule has 0 atom stereocenters. The van der Waals surface area contributed by atoms with Gasteiger partial charge in [0.15, 0.2) is 0 Å². The Morgan fingerprint density at radius 1 is 1.22 bits per heavy atom. The van der Waals surface area contributed by atoms with Gasteiger partial charge in [0.2, 0.25) is 0 Å². The Morgan fingerprint density at radius 2 is 1.22 bits per heavy atom. The second-order valence-electron chi connectivity index (χ2n) is 0.504. The van der Waals surface area contributed by atoms with Gasteiger partial charge in [-0.2, -0.15) is 0 Å². The molecule has 0 fully saturated rings. The largest absolute Gasteiger partial charge is 3.00 e. The molecule has 0 saturated heterocycles. The molecule has 0 heterocycles. The van der Waals surface area contributed by atoms with Gasteiger partial charge in [-0.05, 0) is 0 Å². The Balaban J connectivity index is -0.0000000800. The minimum Gasteiger partial charge on any atom is -0.759 e. The van der Waals surface area contributed by atoms with Crippen LogP contribution in [0.2, 0.25) is 0 Å². The van der Waals surface area contributed by atoms with Crippen molar-refractivity contribution in [2.24, 2.45) is 0 Å². The smallest absolute Gasteiger partial charge is 0.759 e. The third-order valence-electron chi connectivity index (χ3n) is 0. The zero-order chi connectivity index (χ0) is 7.21. The minimum atomic E-state index is -5.17. The van der Waals surface area contributed by atoms with Gasteiger partial charge < -0.3 is 19.0 Å². The molecule has 0 aliphatic rings. The summed E-state index contributed by atoms with van der Waals surface area (Å²) in [4.78, 5) is 8.25. The van der Waals surface area contributed by atoms with E-state index in [-0.39, 0.29) is 17.4 Å². The summed E-state index contributed by atoms with van der Waals surface area (Å²) in [5.74, 6) is 0. The Morgan fingerprint density at radius 3 is 1.22 bits per heavy atom. The third-order valence-corrected chi connectivity index (χ3v) is 0. The van der Waals surface area contributed by atoms with Crippen LogP contribution in [0, 0.1) is 0 Å². The molecule has 6 nitrogen and oxygen atoms in total. The molecule has 9 heavy (non-hydrogen) atoms. The molecule has 0 rings (SSSR count). The zero-order valence-electron chi connectivity index (χ0n) is 3.84. The summed E-state index contributed by atoms with van der Waals surface area (Å²) in [6.45, 7) is -0.500. The molecule has 0 aromatic carbocycles. The quantitative estimate of drug-likeness (QED) is 0.230. The Kier molecular flexibility index (Phi) is 13.9. The van der Waals surface area contributed by atoms with Crippen molar-refractivity contribution in [1.29, 1.82) is 0 Å². The first kappa shape index (κ1) is 15.9. The van der Waals surface area contributed by atoms with Gasteiger partial charge in [-0.1, -0.05) is 0 Å². The van der Waals surface area contributed by atoms with Crippen LogP contribution in [0.4, 0.5) is 0 Å². The fourth-order valence-corrected chi connectivity index (χ4v) is 0. The maximum atomic E-state index is 8.52. The number of hydrogen-bond donors (Lipinski definition) is 0. The van der Waals surface area contributed by atoms with Crippen LogP contribution < -0.4 is 5.11 Å². The molecule has 0 aliphatic heterocycles. The topological polar surface area (TPSA) is 120 Å². The van der Waals surface area contributed by atoms with Gasteiger partial charge in [0, 0.05) is 16.9 Å². The van der Waals surface area contributed by atoms with E-state index in [9.17, 15) is 0 Å². The van der Waals surface area contributed by atoms with Gasteiger partial charge in [0.25, 0.3) is 0 Å². The SMILES string of the molecule is O=C[O-].O=S(=O)([O-])[O-].[Cr+3]. The van der Waals surface area contributed by atoms with E-state index >= 15 is 0 Å². The van der Waals surface area contributed by atoms with Crippen molar-refractivity contribution in [3.05, 3.63) is 0 Å². The first-order valence-corrected chi connectivity index (χ1v) is 2.47. The van der Waals surface area contributed by atoms with E-state index in [1.54, 1.807) is 0 Å². The Bertz CT molecular complexity index is 127. The second kappa shape index (κ2) is 7.87. The first-order chi connectivity index (χ1) is 3.41. The van der Waals surface area contributed by atoms with Crippen LogP contribution in [-0.2, 0) is 32.6 Å². The molecule has 0 saturated carbocycles. The molecule has 53 valence electrons. The predicted molar refractivity (Wildman–Crippen MR) is 16.5 cm³/mol. The second-order valence-corrected chi connectivity index (χ2v) is 1.32. The monoisotopic (exact) mass is 193 g/mol. The number of hydrogen-bond acceptors (Lipinski definition) is 6. The maximum absolute atomic E-state index is 8.52. The van der Waals surface area contributed by atoms with Crippen LogP contribution in [0.1, 0.15) is 0 Å². The Hall–Kier alpha value is -0.128. The zero-order valence-corrected chi connectivity index (χ0v) is 5.93. The summed E-state index contributed by atoms with van der Waals surface area (Å²) in [6, 6.07) is 0. The molecule has 0 amide bonds. The molecule has 0 aromatic heterocycles. The van der Waals surface area contributed by atoms with Crippen molar-refractivity contribution in [2.75, 3.05) is 0 Å². The summed E-state index contributed by atoms with van der Waals surface area (Å²) in [5, 5.41) is 8.25. The van der Waals surface area contributed by atoms with Crippen molar-refractivity contribution in [3.63, 3.8) is 0 Å². The summed E-state index contributed by atoms with van der Waals surface area (Å²) >= 11 is 0. The van der Waals surface area contributed by atoms with E-state index in [1.165, 1.54) is 0 Å². The molecule has 8 heteroatoms.